The van der Waals surface area contributed by atoms with Crippen LogP contribution < -0.4 is 10.4 Å². The number of aromatic nitrogens is 1. The van der Waals surface area contributed by atoms with E-state index in [9.17, 15) is 19.1 Å². The summed E-state index contributed by atoms with van der Waals surface area (Å²) in [5.74, 6) is -2.51. The number of pyridine rings is 1. The Morgan fingerprint density at radius 2 is 1.94 bits per heavy atom. The number of rotatable bonds is 0. The number of carbonyl (C=O) groups excluding carboxylic acids is 1. The molecule has 178 valence electrons. The van der Waals surface area contributed by atoms with Crippen LogP contribution >= 0.6 is 11.8 Å². The summed E-state index contributed by atoms with van der Waals surface area (Å²) < 4.78 is 31.0. The van der Waals surface area contributed by atoms with Crippen molar-refractivity contribution in [2.45, 2.75) is 48.0 Å². The van der Waals surface area contributed by atoms with Gasteiger partial charge in [0.1, 0.15) is 6.17 Å². The zero-order chi connectivity index (χ0) is 24.2. The molecule has 4 aliphatic rings. The van der Waals surface area contributed by atoms with Gasteiger partial charge in [0, 0.05) is 35.0 Å². The van der Waals surface area contributed by atoms with Crippen molar-refractivity contribution in [1.82, 2.24) is 9.58 Å². The van der Waals surface area contributed by atoms with Crippen molar-refractivity contribution >= 4 is 17.7 Å². The van der Waals surface area contributed by atoms with Gasteiger partial charge in [0.2, 0.25) is 5.43 Å². The van der Waals surface area contributed by atoms with Crippen molar-refractivity contribution in [3.8, 4) is 5.75 Å². The Kier molecular flexibility index (Phi) is 4.12. The van der Waals surface area contributed by atoms with Gasteiger partial charge >= 0.3 is 0 Å². The summed E-state index contributed by atoms with van der Waals surface area (Å²) >= 11 is 1.46. The third-order valence-corrected chi connectivity index (χ3v) is 9.25. The van der Waals surface area contributed by atoms with Gasteiger partial charge in [0.05, 0.1) is 6.04 Å². The van der Waals surface area contributed by atoms with Crippen molar-refractivity contribution in [2.75, 3.05) is 11.6 Å². The summed E-state index contributed by atoms with van der Waals surface area (Å²) in [7, 11) is 0. The molecular formula is C26H21F2N3O3S. The number of carbonyl (C=O) groups is 1. The molecule has 1 unspecified atom stereocenters. The summed E-state index contributed by atoms with van der Waals surface area (Å²) in [5.41, 5.74) is 2.06. The maximum Gasteiger partial charge on any atom is 0.278 e. The molecule has 5 heterocycles. The zero-order valence-electron chi connectivity index (χ0n) is 18.8. The molecule has 4 bridgehead atoms. The lowest BCUT2D eigenvalue weighted by atomic mass is 9.71. The minimum absolute atomic E-state index is 0.100. The van der Waals surface area contributed by atoms with Crippen molar-refractivity contribution in [2.24, 2.45) is 0 Å². The fourth-order valence-electron chi connectivity index (χ4n) is 6.23. The lowest BCUT2D eigenvalue weighted by Gasteiger charge is -2.56. The third kappa shape index (κ3) is 2.64. The summed E-state index contributed by atoms with van der Waals surface area (Å²) in [6.45, 7) is 2.64. The monoisotopic (exact) mass is 493 g/mol. The number of piperidine rings is 1. The number of benzene rings is 2. The number of aromatic hydroxyl groups is 1. The number of hydrogen-bond acceptors (Lipinski definition) is 5. The van der Waals surface area contributed by atoms with E-state index in [1.54, 1.807) is 15.6 Å². The second-order valence-corrected chi connectivity index (χ2v) is 11.0. The topological polar surface area (TPSA) is 65.8 Å². The Hall–Kier alpha value is -3.33. The minimum Gasteiger partial charge on any atom is -0.502 e. The van der Waals surface area contributed by atoms with Crippen LogP contribution in [0.4, 0.5) is 8.78 Å². The summed E-state index contributed by atoms with van der Waals surface area (Å²) in [6.07, 6.45) is 2.44. The average Bonchev–Trinajstić information content (AvgIpc) is 3.00. The van der Waals surface area contributed by atoms with Crippen LogP contribution in [0.1, 0.15) is 58.5 Å². The van der Waals surface area contributed by atoms with E-state index in [-0.39, 0.29) is 22.4 Å². The van der Waals surface area contributed by atoms with E-state index in [4.69, 9.17) is 0 Å². The van der Waals surface area contributed by atoms with Gasteiger partial charge in [0.25, 0.3) is 5.91 Å². The predicted octanol–water partition coefficient (Wildman–Crippen LogP) is 4.01. The quantitative estimate of drug-likeness (QED) is 0.513. The molecule has 6 nitrogen and oxygen atoms in total. The highest BCUT2D eigenvalue weighted by Gasteiger charge is 2.51. The van der Waals surface area contributed by atoms with Gasteiger partial charge in [-0.1, -0.05) is 25.1 Å². The van der Waals surface area contributed by atoms with E-state index in [0.29, 0.717) is 18.5 Å². The second kappa shape index (κ2) is 6.87. The molecule has 9 heteroatoms. The molecule has 4 aliphatic heterocycles. The molecule has 1 saturated heterocycles. The molecule has 0 aliphatic carbocycles. The van der Waals surface area contributed by atoms with Crippen molar-refractivity contribution in [1.29, 1.82) is 0 Å². The molecular weight excluding hydrogens is 472 g/mol. The minimum atomic E-state index is -0.899. The molecule has 35 heavy (non-hydrogen) atoms. The molecule has 3 atom stereocenters. The first kappa shape index (κ1) is 21.0. The van der Waals surface area contributed by atoms with Gasteiger partial charge in [-0.3, -0.25) is 19.3 Å². The SMILES string of the molecule is CC12CCN3C(=O)c4c(O)c(=O)ccn4N([C@@H]4c5cc1ccc5SCc1c4ccc(F)c1F)[C@@H]3C2. The molecule has 0 saturated carbocycles. The van der Waals surface area contributed by atoms with Crippen LogP contribution in [0.3, 0.4) is 0 Å². The molecule has 7 rings (SSSR count). The average molecular weight is 494 g/mol. The third-order valence-electron chi connectivity index (χ3n) is 8.13. The number of nitrogens with zero attached hydrogens (tertiary/aromatic N) is 3. The molecule has 1 fully saturated rings. The lowest BCUT2D eigenvalue weighted by Crippen LogP contribution is -2.66. The fraction of sp³-hybridized carbons (Fsp3) is 0.308. The number of hydrogen-bond donors (Lipinski definition) is 1. The Morgan fingerprint density at radius 1 is 1.11 bits per heavy atom. The Labute approximate surface area is 203 Å². The van der Waals surface area contributed by atoms with E-state index in [2.05, 4.69) is 25.1 Å². The number of amides is 1. The molecule has 1 amide bonds. The summed E-state index contributed by atoms with van der Waals surface area (Å²) in [4.78, 5) is 28.5. The summed E-state index contributed by atoms with van der Waals surface area (Å²) in [6, 6.07) is 9.77. The standard InChI is InChI=1S/C26H21F2N3O3S/c1-26-7-9-29-20(11-26)31(30-8-6-18(32)24(33)23(30)25(29)34)22-14-3-4-17(27)21(28)16(14)12-35-19-5-2-13(26)10-15(19)22/h2-6,8,10,20,22,33H,7,9,11-12H2,1H3/t20-,22+,26?/m1/s1. The lowest BCUT2D eigenvalue weighted by molar-refractivity contribution is 0.0334. The molecule has 1 N–H and O–H groups in total. The number of fused-ring (bicyclic) bond motifs is 8. The second-order valence-electron chi connectivity index (χ2n) is 9.97. The van der Waals surface area contributed by atoms with E-state index >= 15 is 4.39 Å². The van der Waals surface area contributed by atoms with E-state index in [1.807, 2.05) is 5.01 Å². The maximum absolute atomic E-state index is 15.1. The zero-order valence-corrected chi connectivity index (χ0v) is 19.6. The van der Waals surface area contributed by atoms with Crippen molar-refractivity contribution in [3.05, 3.63) is 92.4 Å². The molecule has 0 radical (unpaired) electrons. The van der Waals surface area contributed by atoms with Gasteiger partial charge in [-0.15, -0.1) is 11.8 Å². The highest BCUT2D eigenvalue weighted by molar-refractivity contribution is 7.98. The molecule has 1 aromatic heterocycles. The fourth-order valence-corrected chi connectivity index (χ4v) is 7.33. The molecule has 2 aromatic carbocycles. The Morgan fingerprint density at radius 3 is 2.77 bits per heavy atom. The van der Waals surface area contributed by atoms with E-state index < -0.39 is 40.9 Å². The molecule has 0 spiro atoms. The highest BCUT2D eigenvalue weighted by Crippen LogP contribution is 2.51. The van der Waals surface area contributed by atoms with Crippen molar-refractivity contribution < 1.29 is 18.7 Å². The Balaban J connectivity index is 1.61. The van der Waals surface area contributed by atoms with Gasteiger partial charge in [-0.25, -0.2) is 8.78 Å². The smallest absolute Gasteiger partial charge is 0.278 e. The van der Waals surface area contributed by atoms with Crippen LogP contribution in [0.25, 0.3) is 0 Å². The first-order valence-electron chi connectivity index (χ1n) is 11.6. The Bertz CT molecular complexity index is 1520. The highest BCUT2D eigenvalue weighted by atomic mass is 32.2. The van der Waals surface area contributed by atoms with Gasteiger partial charge in [-0.2, -0.15) is 0 Å². The predicted molar refractivity (Wildman–Crippen MR) is 126 cm³/mol. The van der Waals surface area contributed by atoms with Crippen LogP contribution in [-0.2, 0) is 11.2 Å². The molecule has 3 aromatic rings. The van der Waals surface area contributed by atoms with Crippen LogP contribution in [0.2, 0.25) is 0 Å². The first-order chi connectivity index (χ1) is 16.8. The van der Waals surface area contributed by atoms with Crippen LogP contribution in [-0.4, -0.2) is 33.3 Å². The van der Waals surface area contributed by atoms with E-state index in [0.717, 1.165) is 28.5 Å². The van der Waals surface area contributed by atoms with Gasteiger partial charge in [-0.05, 0) is 47.1 Å². The normalized spacial score (nSPS) is 25.9. The van der Waals surface area contributed by atoms with Gasteiger partial charge < -0.3 is 10.0 Å². The van der Waals surface area contributed by atoms with Gasteiger partial charge in [0.15, 0.2) is 23.1 Å². The maximum atomic E-state index is 15.1. The van der Waals surface area contributed by atoms with Crippen molar-refractivity contribution in [3.63, 3.8) is 0 Å². The van der Waals surface area contributed by atoms with Crippen LogP contribution in [0, 0.1) is 11.6 Å². The largest absolute Gasteiger partial charge is 0.502 e. The first-order valence-corrected chi connectivity index (χ1v) is 12.6. The summed E-state index contributed by atoms with van der Waals surface area (Å²) in [5, 5.41) is 12.7. The van der Waals surface area contributed by atoms with E-state index in [1.165, 1.54) is 24.0 Å². The van der Waals surface area contributed by atoms with Crippen LogP contribution in [0.5, 0.6) is 5.75 Å². The number of halogens is 2. The number of thioether (sulfide) groups is 1. The van der Waals surface area contributed by atoms with Crippen LogP contribution in [0.15, 0.2) is 52.3 Å².